The van der Waals surface area contributed by atoms with E-state index in [-0.39, 0.29) is 11.5 Å². The first-order chi connectivity index (χ1) is 9.43. The molecule has 6 heteroatoms. The molecule has 108 valence electrons. The maximum absolute atomic E-state index is 11.7. The van der Waals surface area contributed by atoms with Crippen molar-refractivity contribution in [1.29, 1.82) is 5.26 Å². The highest BCUT2D eigenvalue weighted by molar-refractivity contribution is 7.91. The quantitative estimate of drug-likeness (QED) is 0.887. The summed E-state index contributed by atoms with van der Waals surface area (Å²) < 4.78 is 23.3. The maximum Gasteiger partial charge on any atom is 0.152 e. The standard InChI is InChI=1S/C14H18N2O3S/c1-11(17)13-4-3-12(10-15)9-14(13)16-5-2-7-20(18,19)8-6-16/h3-4,9,11,17H,2,5-8H2,1H3/t11-/m0/s1. The van der Waals surface area contributed by atoms with Crippen LogP contribution in [0, 0.1) is 11.3 Å². The fraction of sp³-hybridized carbons (Fsp3) is 0.500. The van der Waals surface area contributed by atoms with Gasteiger partial charge in [0.25, 0.3) is 0 Å². The summed E-state index contributed by atoms with van der Waals surface area (Å²) in [6.45, 7) is 2.68. The van der Waals surface area contributed by atoms with Crippen LogP contribution in [-0.2, 0) is 9.84 Å². The first-order valence-electron chi connectivity index (χ1n) is 6.60. The second kappa shape index (κ2) is 5.81. The van der Waals surface area contributed by atoms with Crippen molar-refractivity contribution in [3.63, 3.8) is 0 Å². The molecule has 0 unspecified atom stereocenters. The molecule has 1 atom stereocenters. The van der Waals surface area contributed by atoms with Crippen molar-refractivity contribution < 1.29 is 13.5 Å². The van der Waals surface area contributed by atoms with Gasteiger partial charge in [-0.2, -0.15) is 5.26 Å². The summed E-state index contributed by atoms with van der Waals surface area (Å²) >= 11 is 0. The average Bonchev–Trinajstić information content (AvgIpc) is 2.58. The van der Waals surface area contributed by atoms with E-state index in [4.69, 9.17) is 5.26 Å². The smallest absolute Gasteiger partial charge is 0.152 e. The van der Waals surface area contributed by atoms with Gasteiger partial charge in [-0.05, 0) is 25.5 Å². The predicted octanol–water partition coefficient (Wildman–Crippen LogP) is 1.24. The van der Waals surface area contributed by atoms with Crippen molar-refractivity contribution in [2.75, 3.05) is 29.5 Å². The van der Waals surface area contributed by atoms with Crippen molar-refractivity contribution in [3.8, 4) is 6.07 Å². The molecule has 0 aromatic heterocycles. The van der Waals surface area contributed by atoms with Crippen LogP contribution in [0.1, 0.15) is 30.6 Å². The fourth-order valence-electron chi connectivity index (χ4n) is 2.42. The van der Waals surface area contributed by atoms with E-state index in [2.05, 4.69) is 6.07 Å². The fourth-order valence-corrected chi connectivity index (χ4v) is 3.69. The molecule has 0 spiro atoms. The van der Waals surface area contributed by atoms with Gasteiger partial charge in [-0.25, -0.2) is 8.42 Å². The Morgan fingerprint density at radius 2 is 2.10 bits per heavy atom. The summed E-state index contributed by atoms with van der Waals surface area (Å²) in [5.41, 5.74) is 2.00. The number of aliphatic hydroxyl groups excluding tert-OH is 1. The van der Waals surface area contributed by atoms with Gasteiger partial charge in [0.1, 0.15) is 0 Å². The zero-order valence-corrected chi connectivity index (χ0v) is 12.2. The molecule has 1 heterocycles. The van der Waals surface area contributed by atoms with Gasteiger partial charge in [-0.3, -0.25) is 0 Å². The summed E-state index contributed by atoms with van der Waals surface area (Å²) in [6.07, 6.45) is -0.0872. The third-order valence-electron chi connectivity index (χ3n) is 3.51. The van der Waals surface area contributed by atoms with Crippen molar-refractivity contribution >= 4 is 15.5 Å². The number of aliphatic hydroxyl groups is 1. The lowest BCUT2D eigenvalue weighted by Gasteiger charge is -2.26. The lowest BCUT2D eigenvalue weighted by molar-refractivity contribution is 0.199. The molecule has 0 saturated carbocycles. The summed E-state index contributed by atoms with van der Waals surface area (Å²) in [5.74, 6) is 0.314. The van der Waals surface area contributed by atoms with Crippen molar-refractivity contribution in [1.82, 2.24) is 0 Å². The van der Waals surface area contributed by atoms with Gasteiger partial charge in [0.2, 0.25) is 0 Å². The average molecular weight is 294 g/mol. The molecular weight excluding hydrogens is 276 g/mol. The first kappa shape index (κ1) is 14.8. The summed E-state index contributed by atoms with van der Waals surface area (Å²) in [5, 5.41) is 18.8. The number of hydrogen-bond acceptors (Lipinski definition) is 5. The van der Waals surface area contributed by atoms with Crippen LogP contribution >= 0.6 is 0 Å². The Balaban J connectivity index is 2.38. The molecule has 1 aromatic carbocycles. The normalized spacial score (nSPS) is 19.9. The first-order valence-corrected chi connectivity index (χ1v) is 8.42. The molecule has 2 rings (SSSR count). The van der Waals surface area contributed by atoms with E-state index in [0.29, 0.717) is 25.1 Å². The van der Waals surface area contributed by atoms with Gasteiger partial charge in [0.15, 0.2) is 9.84 Å². The molecule has 0 bridgehead atoms. The van der Waals surface area contributed by atoms with E-state index in [1.807, 2.05) is 4.90 Å². The van der Waals surface area contributed by atoms with Crippen LogP contribution in [0.4, 0.5) is 5.69 Å². The third-order valence-corrected chi connectivity index (χ3v) is 5.22. The number of anilines is 1. The maximum atomic E-state index is 11.7. The molecule has 0 amide bonds. The summed E-state index contributed by atoms with van der Waals surface area (Å²) in [4.78, 5) is 1.95. The van der Waals surface area contributed by atoms with Crippen LogP contribution in [0.25, 0.3) is 0 Å². The van der Waals surface area contributed by atoms with Gasteiger partial charge in [-0.15, -0.1) is 0 Å². The molecule has 0 aliphatic carbocycles. The zero-order valence-electron chi connectivity index (χ0n) is 11.4. The molecule has 1 aromatic rings. The Morgan fingerprint density at radius 1 is 1.35 bits per heavy atom. The van der Waals surface area contributed by atoms with Crippen LogP contribution in [0.5, 0.6) is 0 Å². The molecule has 20 heavy (non-hydrogen) atoms. The van der Waals surface area contributed by atoms with Crippen LogP contribution in [0.15, 0.2) is 18.2 Å². The van der Waals surface area contributed by atoms with Gasteiger partial charge in [-0.1, -0.05) is 6.07 Å². The Morgan fingerprint density at radius 3 is 2.75 bits per heavy atom. The lowest BCUT2D eigenvalue weighted by Crippen LogP contribution is -2.28. The molecule has 1 aliphatic heterocycles. The molecular formula is C14H18N2O3S. The van der Waals surface area contributed by atoms with Crippen molar-refractivity contribution in [2.45, 2.75) is 19.4 Å². The van der Waals surface area contributed by atoms with Gasteiger partial charge in [0.05, 0.1) is 29.2 Å². The second-order valence-electron chi connectivity index (χ2n) is 5.05. The van der Waals surface area contributed by atoms with Gasteiger partial charge >= 0.3 is 0 Å². The summed E-state index contributed by atoms with van der Waals surface area (Å²) in [6, 6.07) is 7.20. The molecule has 1 saturated heterocycles. The summed E-state index contributed by atoms with van der Waals surface area (Å²) in [7, 11) is -2.98. The Hall–Kier alpha value is -1.58. The molecule has 1 aliphatic rings. The number of nitrogens with zero attached hydrogens (tertiary/aromatic N) is 2. The Kier molecular flexibility index (Phi) is 4.31. The minimum Gasteiger partial charge on any atom is -0.389 e. The highest BCUT2D eigenvalue weighted by Gasteiger charge is 2.22. The number of nitriles is 1. The number of rotatable bonds is 2. The van der Waals surface area contributed by atoms with Crippen LogP contribution in [0.2, 0.25) is 0 Å². The Labute approximate surface area is 119 Å². The molecule has 1 N–H and O–H groups in total. The minimum absolute atomic E-state index is 0.114. The highest BCUT2D eigenvalue weighted by atomic mass is 32.2. The van der Waals surface area contributed by atoms with E-state index in [0.717, 1.165) is 11.3 Å². The molecule has 0 radical (unpaired) electrons. The molecule has 5 nitrogen and oxygen atoms in total. The Bertz CT molecular complexity index is 632. The van der Waals surface area contributed by atoms with Crippen molar-refractivity contribution in [3.05, 3.63) is 29.3 Å². The van der Waals surface area contributed by atoms with E-state index in [9.17, 15) is 13.5 Å². The van der Waals surface area contributed by atoms with Crippen molar-refractivity contribution in [2.24, 2.45) is 0 Å². The topological polar surface area (TPSA) is 81.4 Å². The van der Waals surface area contributed by atoms with E-state index < -0.39 is 15.9 Å². The predicted molar refractivity (Wildman–Crippen MR) is 77.3 cm³/mol. The number of hydrogen-bond donors (Lipinski definition) is 1. The monoisotopic (exact) mass is 294 g/mol. The second-order valence-corrected chi connectivity index (χ2v) is 7.36. The molecule has 1 fully saturated rings. The van der Waals surface area contributed by atoms with Gasteiger partial charge < -0.3 is 10.0 Å². The minimum atomic E-state index is -2.98. The van der Waals surface area contributed by atoms with E-state index in [1.165, 1.54) is 0 Å². The van der Waals surface area contributed by atoms with E-state index in [1.54, 1.807) is 25.1 Å². The van der Waals surface area contributed by atoms with Crippen LogP contribution < -0.4 is 4.90 Å². The SMILES string of the molecule is C[C@H](O)c1ccc(C#N)cc1N1CCCS(=O)(=O)CC1. The van der Waals surface area contributed by atoms with Gasteiger partial charge in [0, 0.05) is 24.3 Å². The third kappa shape index (κ3) is 3.30. The number of benzene rings is 1. The highest BCUT2D eigenvalue weighted by Crippen LogP contribution is 2.28. The van der Waals surface area contributed by atoms with Crippen LogP contribution in [0.3, 0.4) is 0 Å². The zero-order chi connectivity index (χ0) is 14.8. The lowest BCUT2D eigenvalue weighted by atomic mass is 10.0. The largest absolute Gasteiger partial charge is 0.389 e. The van der Waals surface area contributed by atoms with Crippen LogP contribution in [-0.4, -0.2) is 38.1 Å². The van der Waals surface area contributed by atoms with E-state index >= 15 is 0 Å². The number of sulfone groups is 1.